The lowest BCUT2D eigenvalue weighted by Gasteiger charge is -2.08. The standard InChI is InChI=1S/C17H14BrFN4S/c18-15-11-23(10-12-6-8-13(19)9-7-12)22-16(15)21-17(24)20-14-4-2-1-3-5-14/h1-9,11H,10H2,(H2,20,21,22,24). The van der Waals surface area contributed by atoms with Crippen LogP contribution in [0, 0.1) is 5.82 Å². The Morgan fingerprint density at radius 2 is 1.79 bits per heavy atom. The van der Waals surface area contributed by atoms with Crippen LogP contribution < -0.4 is 10.6 Å². The van der Waals surface area contributed by atoms with Gasteiger partial charge in [0.25, 0.3) is 0 Å². The minimum atomic E-state index is -0.250. The molecule has 3 aromatic rings. The maximum Gasteiger partial charge on any atom is 0.176 e. The third kappa shape index (κ3) is 4.39. The van der Waals surface area contributed by atoms with Crippen LogP contribution in [0.3, 0.4) is 0 Å². The third-order valence-corrected chi connectivity index (χ3v) is 4.02. The summed E-state index contributed by atoms with van der Waals surface area (Å²) in [5, 5.41) is 11.0. The number of hydrogen-bond acceptors (Lipinski definition) is 2. The van der Waals surface area contributed by atoms with Gasteiger partial charge < -0.3 is 10.6 Å². The van der Waals surface area contributed by atoms with E-state index in [1.54, 1.807) is 16.8 Å². The van der Waals surface area contributed by atoms with Crippen LogP contribution in [0.1, 0.15) is 5.56 Å². The van der Waals surface area contributed by atoms with E-state index < -0.39 is 0 Å². The molecule has 0 atom stereocenters. The first-order valence-electron chi connectivity index (χ1n) is 7.20. The van der Waals surface area contributed by atoms with E-state index in [-0.39, 0.29) is 5.82 Å². The average Bonchev–Trinajstić information content (AvgIpc) is 2.90. The Kier molecular flexibility index (Phi) is 5.22. The number of para-hydroxylation sites is 1. The van der Waals surface area contributed by atoms with Crippen molar-refractivity contribution in [2.45, 2.75) is 6.54 Å². The van der Waals surface area contributed by atoms with Gasteiger partial charge in [-0.15, -0.1) is 0 Å². The zero-order valence-corrected chi connectivity index (χ0v) is 14.9. The molecule has 2 N–H and O–H groups in total. The molecule has 0 aliphatic heterocycles. The Hall–Kier alpha value is -2.25. The fourth-order valence-corrected chi connectivity index (χ4v) is 2.76. The highest BCUT2D eigenvalue weighted by Crippen LogP contribution is 2.21. The lowest BCUT2D eigenvalue weighted by Crippen LogP contribution is -2.19. The van der Waals surface area contributed by atoms with E-state index in [0.29, 0.717) is 17.5 Å². The highest BCUT2D eigenvalue weighted by atomic mass is 79.9. The van der Waals surface area contributed by atoms with Crippen molar-refractivity contribution in [1.29, 1.82) is 0 Å². The van der Waals surface area contributed by atoms with Gasteiger partial charge in [-0.1, -0.05) is 30.3 Å². The molecular formula is C17H14BrFN4S. The van der Waals surface area contributed by atoms with Crippen LogP contribution >= 0.6 is 28.1 Å². The molecule has 2 aromatic carbocycles. The number of hydrogen-bond donors (Lipinski definition) is 2. The number of halogens is 2. The number of aromatic nitrogens is 2. The number of thiocarbonyl (C=S) groups is 1. The summed E-state index contributed by atoms with van der Waals surface area (Å²) in [7, 11) is 0. The Morgan fingerprint density at radius 1 is 1.08 bits per heavy atom. The van der Waals surface area contributed by atoms with Gasteiger partial charge in [-0.3, -0.25) is 4.68 Å². The molecule has 0 amide bonds. The topological polar surface area (TPSA) is 41.9 Å². The Balaban J connectivity index is 1.65. The highest BCUT2D eigenvalue weighted by molar-refractivity contribution is 9.10. The molecule has 0 aliphatic carbocycles. The minimum Gasteiger partial charge on any atom is -0.332 e. The smallest absolute Gasteiger partial charge is 0.176 e. The number of benzene rings is 2. The van der Waals surface area contributed by atoms with E-state index in [1.807, 2.05) is 36.5 Å². The monoisotopic (exact) mass is 404 g/mol. The van der Waals surface area contributed by atoms with Crippen LogP contribution in [0.4, 0.5) is 15.9 Å². The summed E-state index contributed by atoms with van der Waals surface area (Å²) in [5.41, 5.74) is 1.86. The van der Waals surface area contributed by atoms with Gasteiger partial charge in [0.1, 0.15) is 5.82 Å². The van der Waals surface area contributed by atoms with Crippen molar-refractivity contribution in [3.8, 4) is 0 Å². The summed E-state index contributed by atoms with van der Waals surface area (Å²) < 4.78 is 15.5. The second-order valence-electron chi connectivity index (χ2n) is 5.09. The molecule has 0 spiro atoms. The van der Waals surface area contributed by atoms with Crippen molar-refractivity contribution in [2.24, 2.45) is 0 Å². The molecule has 0 saturated heterocycles. The van der Waals surface area contributed by atoms with Gasteiger partial charge in [-0.2, -0.15) is 5.10 Å². The predicted octanol–water partition coefficient (Wildman–Crippen LogP) is 4.64. The predicted molar refractivity (Wildman–Crippen MR) is 102 cm³/mol. The summed E-state index contributed by atoms with van der Waals surface area (Å²) in [5.74, 6) is 0.366. The van der Waals surface area contributed by atoms with E-state index in [2.05, 4.69) is 31.7 Å². The van der Waals surface area contributed by atoms with Gasteiger partial charge in [-0.25, -0.2) is 4.39 Å². The molecule has 3 rings (SSSR count). The molecule has 7 heteroatoms. The van der Waals surface area contributed by atoms with Crippen LogP contribution in [-0.2, 0) is 6.54 Å². The largest absolute Gasteiger partial charge is 0.332 e. The van der Waals surface area contributed by atoms with Crippen molar-refractivity contribution in [1.82, 2.24) is 9.78 Å². The molecule has 24 heavy (non-hydrogen) atoms. The maximum atomic E-state index is 13.0. The highest BCUT2D eigenvalue weighted by Gasteiger charge is 2.09. The SMILES string of the molecule is Fc1ccc(Cn2cc(Br)c(NC(=S)Nc3ccccc3)n2)cc1. The molecule has 0 fully saturated rings. The van der Waals surface area contributed by atoms with E-state index >= 15 is 0 Å². The van der Waals surface area contributed by atoms with Gasteiger partial charge >= 0.3 is 0 Å². The van der Waals surface area contributed by atoms with Crippen LogP contribution in [0.25, 0.3) is 0 Å². The van der Waals surface area contributed by atoms with Crippen molar-refractivity contribution < 1.29 is 4.39 Å². The number of rotatable bonds is 4. The van der Waals surface area contributed by atoms with Crippen LogP contribution in [0.15, 0.2) is 65.3 Å². The van der Waals surface area contributed by atoms with Crippen LogP contribution in [0.5, 0.6) is 0 Å². The first-order valence-corrected chi connectivity index (χ1v) is 8.41. The molecule has 1 aromatic heterocycles. The lowest BCUT2D eigenvalue weighted by atomic mass is 10.2. The Morgan fingerprint density at radius 3 is 2.50 bits per heavy atom. The number of anilines is 2. The van der Waals surface area contributed by atoms with Crippen molar-refractivity contribution in [2.75, 3.05) is 10.6 Å². The first kappa shape index (κ1) is 16.6. The second kappa shape index (κ2) is 7.55. The van der Waals surface area contributed by atoms with Crippen molar-refractivity contribution >= 4 is 44.8 Å². The van der Waals surface area contributed by atoms with Crippen LogP contribution in [0.2, 0.25) is 0 Å². The molecule has 0 radical (unpaired) electrons. The van der Waals surface area contributed by atoms with Gasteiger partial charge in [-0.05, 0) is 58.0 Å². The van der Waals surface area contributed by atoms with Crippen molar-refractivity contribution in [3.63, 3.8) is 0 Å². The number of nitrogens with one attached hydrogen (secondary N) is 2. The Labute approximate surface area is 152 Å². The summed E-state index contributed by atoms with van der Waals surface area (Å²) >= 11 is 8.76. The summed E-state index contributed by atoms with van der Waals surface area (Å²) in [4.78, 5) is 0. The van der Waals surface area contributed by atoms with E-state index in [9.17, 15) is 4.39 Å². The fourth-order valence-electron chi connectivity index (χ4n) is 2.13. The maximum absolute atomic E-state index is 13.0. The quantitative estimate of drug-likeness (QED) is 0.621. The lowest BCUT2D eigenvalue weighted by molar-refractivity contribution is 0.624. The number of nitrogens with zero attached hydrogens (tertiary/aromatic N) is 2. The molecule has 122 valence electrons. The molecule has 0 bridgehead atoms. The second-order valence-corrected chi connectivity index (χ2v) is 6.36. The molecular weight excluding hydrogens is 391 g/mol. The molecule has 1 heterocycles. The van der Waals surface area contributed by atoms with Crippen molar-refractivity contribution in [3.05, 3.63) is 76.6 Å². The van der Waals surface area contributed by atoms with Gasteiger partial charge in [0.2, 0.25) is 0 Å². The zero-order chi connectivity index (χ0) is 16.9. The van der Waals surface area contributed by atoms with Crippen LogP contribution in [-0.4, -0.2) is 14.9 Å². The molecule has 0 unspecified atom stereocenters. The molecule has 0 aliphatic rings. The fraction of sp³-hybridized carbons (Fsp3) is 0.0588. The summed E-state index contributed by atoms with van der Waals surface area (Å²) in [6.45, 7) is 0.541. The summed E-state index contributed by atoms with van der Waals surface area (Å²) in [6, 6.07) is 16.0. The van der Waals surface area contributed by atoms with E-state index in [1.165, 1.54) is 12.1 Å². The minimum absolute atomic E-state index is 0.250. The van der Waals surface area contributed by atoms with Gasteiger partial charge in [0, 0.05) is 11.9 Å². The Bertz CT molecular complexity index is 834. The molecule has 0 saturated carbocycles. The molecule has 4 nitrogen and oxygen atoms in total. The van der Waals surface area contributed by atoms with Gasteiger partial charge in [0.15, 0.2) is 10.9 Å². The third-order valence-electron chi connectivity index (χ3n) is 3.24. The van der Waals surface area contributed by atoms with Gasteiger partial charge in [0.05, 0.1) is 11.0 Å². The zero-order valence-electron chi connectivity index (χ0n) is 12.5. The average molecular weight is 405 g/mol. The normalized spacial score (nSPS) is 10.4. The van der Waals surface area contributed by atoms with E-state index in [0.717, 1.165) is 15.7 Å². The summed E-state index contributed by atoms with van der Waals surface area (Å²) in [6.07, 6.45) is 1.84. The van der Waals surface area contributed by atoms with E-state index in [4.69, 9.17) is 12.2 Å². The first-order chi connectivity index (χ1) is 11.6.